The Morgan fingerprint density at radius 1 is 1.25 bits per heavy atom. The fourth-order valence-electron chi connectivity index (χ4n) is 0.353. The van der Waals surface area contributed by atoms with E-state index in [2.05, 4.69) is 0 Å². The molecule has 0 nitrogen and oxygen atoms in total. The first-order valence-electron chi connectivity index (χ1n) is 1.94. The summed E-state index contributed by atoms with van der Waals surface area (Å²) in [4.78, 5) is -0.690. The monoisotopic (exact) mass is 190 g/mol. The largest absolute Gasteiger partial charge is 0.131 e. The van der Waals surface area contributed by atoms with Gasteiger partial charge in [0.05, 0.1) is 15.9 Å². The number of halogens is 4. The standard InChI is InChI=1S/C4H2Cl4/c5-1-4(8)2(6)3(4)7/h1H2. The van der Waals surface area contributed by atoms with Crippen LogP contribution in [0.15, 0.2) is 10.1 Å². The summed E-state index contributed by atoms with van der Waals surface area (Å²) in [5, 5.41) is 0.965. The second kappa shape index (κ2) is 1.95. The van der Waals surface area contributed by atoms with E-state index in [1.807, 2.05) is 0 Å². The average Bonchev–Trinajstić information content (AvgIpc) is 2.22. The molecule has 0 aliphatic heterocycles. The van der Waals surface area contributed by atoms with Gasteiger partial charge in [-0.25, -0.2) is 0 Å². The van der Waals surface area contributed by atoms with Crippen LogP contribution in [0.25, 0.3) is 0 Å². The maximum Gasteiger partial charge on any atom is 0.131 e. The first-order chi connectivity index (χ1) is 3.63. The van der Waals surface area contributed by atoms with Crippen molar-refractivity contribution in [2.45, 2.75) is 4.87 Å². The van der Waals surface area contributed by atoms with E-state index < -0.39 is 4.87 Å². The van der Waals surface area contributed by atoms with Crippen molar-refractivity contribution < 1.29 is 0 Å². The van der Waals surface area contributed by atoms with E-state index in [0.29, 0.717) is 10.1 Å². The summed E-state index contributed by atoms with van der Waals surface area (Å²) in [5.41, 5.74) is 0. The predicted molar refractivity (Wildman–Crippen MR) is 38.0 cm³/mol. The Labute approximate surface area is 67.4 Å². The molecule has 0 fully saturated rings. The maximum atomic E-state index is 5.66. The summed E-state index contributed by atoms with van der Waals surface area (Å²) in [6.45, 7) is 0. The molecule has 0 radical (unpaired) electrons. The molecule has 4 heteroatoms. The van der Waals surface area contributed by atoms with Crippen LogP contribution in [0.1, 0.15) is 0 Å². The smallest absolute Gasteiger partial charge is 0.124 e. The van der Waals surface area contributed by atoms with Crippen LogP contribution >= 0.6 is 46.4 Å². The van der Waals surface area contributed by atoms with Gasteiger partial charge in [-0.2, -0.15) is 0 Å². The van der Waals surface area contributed by atoms with Crippen molar-refractivity contribution in [3.8, 4) is 0 Å². The topological polar surface area (TPSA) is 0 Å². The van der Waals surface area contributed by atoms with Gasteiger partial charge in [0.15, 0.2) is 0 Å². The number of allylic oxidation sites excluding steroid dienone is 2. The highest BCUT2D eigenvalue weighted by Gasteiger charge is 2.50. The third-order valence-electron chi connectivity index (χ3n) is 1.01. The van der Waals surface area contributed by atoms with Gasteiger partial charge in [-0.1, -0.05) is 23.2 Å². The first kappa shape index (κ1) is 7.01. The van der Waals surface area contributed by atoms with E-state index in [-0.39, 0.29) is 5.88 Å². The van der Waals surface area contributed by atoms with Gasteiger partial charge in [0, 0.05) is 0 Å². The zero-order valence-electron chi connectivity index (χ0n) is 3.72. The van der Waals surface area contributed by atoms with Gasteiger partial charge < -0.3 is 0 Å². The predicted octanol–water partition coefficient (Wildman–Crippen LogP) is 2.91. The van der Waals surface area contributed by atoms with E-state index in [4.69, 9.17) is 46.4 Å². The average molecular weight is 192 g/mol. The molecule has 1 aliphatic carbocycles. The molecule has 0 spiro atoms. The van der Waals surface area contributed by atoms with Crippen molar-refractivity contribution in [1.29, 1.82) is 0 Å². The lowest BCUT2D eigenvalue weighted by Crippen LogP contribution is -2.04. The van der Waals surface area contributed by atoms with Crippen LogP contribution in [-0.4, -0.2) is 10.8 Å². The Kier molecular flexibility index (Phi) is 1.71. The molecule has 0 saturated carbocycles. The number of alkyl halides is 2. The minimum atomic E-state index is -0.690. The lowest BCUT2D eigenvalue weighted by molar-refractivity contribution is 1.12. The third kappa shape index (κ3) is 0.750. The molecule has 1 rings (SSSR count). The van der Waals surface area contributed by atoms with Crippen LogP contribution in [-0.2, 0) is 0 Å². The maximum absolute atomic E-state index is 5.66. The molecule has 0 saturated heterocycles. The summed E-state index contributed by atoms with van der Waals surface area (Å²) in [6.07, 6.45) is 0. The zero-order valence-corrected chi connectivity index (χ0v) is 6.74. The summed E-state index contributed by atoms with van der Waals surface area (Å²) in [5.74, 6) is 0.256. The third-order valence-corrected chi connectivity index (χ3v) is 3.37. The summed E-state index contributed by atoms with van der Waals surface area (Å²) >= 11 is 22.0. The van der Waals surface area contributed by atoms with Crippen molar-refractivity contribution in [3.05, 3.63) is 10.1 Å². The molecule has 0 atom stereocenters. The van der Waals surface area contributed by atoms with Gasteiger partial charge in [0.1, 0.15) is 4.87 Å². The van der Waals surface area contributed by atoms with E-state index >= 15 is 0 Å². The molecule has 0 bridgehead atoms. The second-order valence-electron chi connectivity index (χ2n) is 1.56. The summed E-state index contributed by atoms with van der Waals surface area (Å²) < 4.78 is 0. The lowest BCUT2D eigenvalue weighted by atomic mass is 10.4. The molecule has 0 unspecified atom stereocenters. The molecule has 8 heavy (non-hydrogen) atoms. The Morgan fingerprint density at radius 3 is 1.62 bits per heavy atom. The lowest BCUT2D eigenvalue weighted by Gasteiger charge is -1.98. The van der Waals surface area contributed by atoms with Crippen molar-refractivity contribution in [1.82, 2.24) is 0 Å². The van der Waals surface area contributed by atoms with Crippen LogP contribution in [0.2, 0.25) is 0 Å². The van der Waals surface area contributed by atoms with Gasteiger partial charge in [0.2, 0.25) is 0 Å². The summed E-state index contributed by atoms with van der Waals surface area (Å²) in [7, 11) is 0. The fraction of sp³-hybridized carbons (Fsp3) is 0.500. The van der Waals surface area contributed by atoms with Crippen LogP contribution in [0.3, 0.4) is 0 Å². The Balaban J connectivity index is 2.60. The Morgan fingerprint density at radius 2 is 1.62 bits per heavy atom. The quantitative estimate of drug-likeness (QED) is 0.560. The van der Waals surface area contributed by atoms with Gasteiger partial charge in [-0.3, -0.25) is 0 Å². The van der Waals surface area contributed by atoms with Crippen LogP contribution in [0, 0.1) is 0 Å². The SMILES string of the molecule is ClCC1(Cl)C(Cl)=C1Cl. The van der Waals surface area contributed by atoms with Crippen LogP contribution in [0.5, 0.6) is 0 Å². The number of rotatable bonds is 1. The summed E-state index contributed by atoms with van der Waals surface area (Å²) in [6, 6.07) is 0. The van der Waals surface area contributed by atoms with Crippen LogP contribution < -0.4 is 0 Å². The minimum Gasteiger partial charge on any atom is -0.124 e. The van der Waals surface area contributed by atoms with Gasteiger partial charge in [-0.15, -0.1) is 23.2 Å². The van der Waals surface area contributed by atoms with Crippen LogP contribution in [0.4, 0.5) is 0 Å². The Bertz CT molecular complexity index is 136. The fourth-order valence-corrected chi connectivity index (χ4v) is 1.59. The second-order valence-corrected chi connectivity index (χ2v) is 3.23. The van der Waals surface area contributed by atoms with Crippen molar-refractivity contribution in [2.75, 3.05) is 5.88 Å². The minimum absolute atomic E-state index is 0.256. The van der Waals surface area contributed by atoms with Crippen molar-refractivity contribution in [3.63, 3.8) is 0 Å². The molecule has 46 valence electrons. The number of hydrogen-bond acceptors (Lipinski definition) is 0. The molecule has 1 aliphatic rings. The molecule has 0 aromatic carbocycles. The Hall–Kier alpha value is 0.900. The van der Waals surface area contributed by atoms with Gasteiger partial charge in [0.25, 0.3) is 0 Å². The molecule has 0 aromatic rings. The highest BCUT2D eigenvalue weighted by atomic mass is 35.5. The molecular weight excluding hydrogens is 190 g/mol. The highest BCUT2D eigenvalue weighted by molar-refractivity contribution is 6.58. The number of hydrogen-bond donors (Lipinski definition) is 0. The van der Waals surface area contributed by atoms with Crippen molar-refractivity contribution in [2.24, 2.45) is 0 Å². The molecule has 0 heterocycles. The normalized spacial score (nSPS) is 24.0. The van der Waals surface area contributed by atoms with E-state index in [9.17, 15) is 0 Å². The molecule has 0 aromatic heterocycles. The van der Waals surface area contributed by atoms with E-state index in [1.165, 1.54) is 0 Å². The highest BCUT2D eigenvalue weighted by Crippen LogP contribution is 2.55. The zero-order chi connectivity index (χ0) is 6.36. The molecular formula is C4H2Cl4. The van der Waals surface area contributed by atoms with E-state index in [1.54, 1.807) is 0 Å². The molecule has 0 N–H and O–H groups in total. The van der Waals surface area contributed by atoms with Gasteiger partial charge in [-0.05, 0) is 0 Å². The first-order valence-corrected chi connectivity index (χ1v) is 3.61. The van der Waals surface area contributed by atoms with E-state index in [0.717, 1.165) is 0 Å². The molecule has 0 amide bonds. The van der Waals surface area contributed by atoms with Gasteiger partial charge >= 0.3 is 0 Å². The van der Waals surface area contributed by atoms with Crippen molar-refractivity contribution >= 4 is 46.4 Å².